The Morgan fingerprint density at radius 3 is 3.05 bits per heavy atom. The molecule has 0 radical (unpaired) electrons. The Hall–Kier alpha value is -2.05. The predicted molar refractivity (Wildman–Crippen MR) is 77.8 cm³/mol. The van der Waals surface area contributed by atoms with E-state index in [1.54, 1.807) is 24.3 Å². The van der Waals surface area contributed by atoms with E-state index in [1.165, 1.54) is 11.3 Å². The summed E-state index contributed by atoms with van der Waals surface area (Å²) in [4.78, 5) is 23.8. The number of halogens is 1. The smallest absolute Gasteiger partial charge is 0.265 e. The van der Waals surface area contributed by atoms with Crippen LogP contribution in [0.5, 0.6) is 5.75 Å². The zero-order valence-electron chi connectivity index (χ0n) is 10.1. The van der Waals surface area contributed by atoms with E-state index in [0.717, 1.165) is 0 Å². The molecule has 1 aliphatic rings. The Labute approximate surface area is 123 Å². The first-order valence-corrected chi connectivity index (χ1v) is 7.00. The normalized spacial score (nSPS) is 13.2. The van der Waals surface area contributed by atoms with E-state index in [1.807, 2.05) is 5.38 Å². The first kappa shape index (κ1) is 13.0. The van der Waals surface area contributed by atoms with E-state index in [0.29, 0.717) is 27.0 Å². The fourth-order valence-corrected chi connectivity index (χ4v) is 2.62. The lowest BCUT2D eigenvalue weighted by Gasteiger charge is -2.19. The lowest BCUT2D eigenvalue weighted by atomic mass is 10.2. The summed E-state index contributed by atoms with van der Waals surface area (Å²) in [5.74, 6) is 0.0149. The van der Waals surface area contributed by atoms with Crippen LogP contribution in [0.4, 0.5) is 11.4 Å². The number of ether oxygens (including phenoxy) is 1. The topological polar surface area (TPSA) is 67.4 Å². The van der Waals surface area contributed by atoms with Crippen LogP contribution in [0.2, 0.25) is 5.02 Å². The number of anilines is 2. The van der Waals surface area contributed by atoms with Crippen LogP contribution >= 0.6 is 22.9 Å². The number of carbonyl (C=O) groups is 2. The van der Waals surface area contributed by atoms with Crippen molar-refractivity contribution < 1.29 is 14.3 Å². The molecule has 2 aromatic rings. The summed E-state index contributed by atoms with van der Waals surface area (Å²) in [7, 11) is 0. The van der Waals surface area contributed by atoms with Gasteiger partial charge in [-0.15, -0.1) is 11.3 Å². The maximum atomic E-state index is 12.0. The van der Waals surface area contributed by atoms with Gasteiger partial charge in [0.15, 0.2) is 6.61 Å². The van der Waals surface area contributed by atoms with Crippen molar-refractivity contribution in [3.05, 3.63) is 39.5 Å². The van der Waals surface area contributed by atoms with Gasteiger partial charge in [0.1, 0.15) is 5.75 Å². The molecule has 1 aromatic heterocycles. The monoisotopic (exact) mass is 308 g/mol. The molecule has 102 valence electrons. The predicted octanol–water partition coefficient (Wildman–Crippen LogP) is 2.98. The van der Waals surface area contributed by atoms with Gasteiger partial charge in [-0.3, -0.25) is 9.59 Å². The van der Waals surface area contributed by atoms with Gasteiger partial charge in [0.2, 0.25) is 0 Å². The third-order valence-electron chi connectivity index (χ3n) is 2.70. The Kier molecular flexibility index (Phi) is 3.33. The van der Waals surface area contributed by atoms with Gasteiger partial charge in [0.05, 0.1) is 21.3 Å². The fraction of sp³-hybridized carbons (Fsp3) is 0.0769. The molecule has 7 heteroatoms. The summed E-state index contributed by atoms with van der Waals surface area (Å²) < 4.78 is 5.28. The van der Waals surface area contributed by atoms with E-state index in [4.69, 9.17) is 16.3 Å². The maximum Gasteiger partial charge on any atom is 0.265 e. The largest absolute Gasteiger partial charge is 0.482 e. The zero-order valence-corrected chi connectivity index (χ0v) is 11.7. The second kappa shape index (κ2) is 5.15. The summed E-state index contributed by atoms with van der Waals surface area (Å²) in [6.45, 7) is -0.0487. The molecule has 2 heterocycles. The Balaban J connectivity index is 1.87. The molecule has 0 saturated carbocycles. The van der Waals surface area contributed by atoms with Gasteiger partial charge in [-0.2, -0.15) is 0 Å². The third-order valence-corrected chi connectivity index (χ3v) is 3.88. The highest BCUT2D eigenvalue weighted by molar-refractivity contribution is 7.12. The summed E-state index contributed by atoms with van der Waals surface area (Å²) in [6, 6.07) is 6.68. The van der Waals surface area contributed by atoms with Gasteiger partial charge in [-0.25, -0.2) is 0 Å². The van der Waals surface area contributed by atoms with E-state index in [-0.39, 0.29) is 18.4 Å². The van der Waals surface area contributed by atoms with E-state index in [2.05, 4.69) is 10.6 Å². The minimum atomic E-state index is -0.235. The van der Waals surface area contributed by atoms with Gasteiger partial charge in [0, 0.05) is 6.07 Å². The second-order valence-corrected chi connectivity index (χ2v) is 5.45. The lowest BCUT2D eigenvalue weighted by Crippen LogP contribution is -2.25. The molecule has 2 N–H and O–H groups in total. The molecule has 20 heavy (non-hydrogen) atoms. The number of hydrogen-bond donors (Lipinski definition) is 2. The number of carbonyl (C=O) groups excluding carboxylic acids is 2. The Bertz CT molecular complexity index is 685. The van der Waals surface area contributed by atoms with Crippen molar-refractivity contribution in [2.45, 2.75) is 0 Å². The second-order valence-electron chi connectivity index (χ2n) is 4.10. The lowest BCUT2D eigenvalue weighted by molar-refractivity contribution is -0.118. The van der Waals surface area contributed by atoms with Crippen LogP contribution in [0.15, 0.2) is 29.6 Å². The highest BCUT2D eigenvalue weighted by Gasteiger charge is 2.19. The van der Waals surface area contributed by atoms with Crippen molar-refractivity contribution in [3.63, 3.8) is 0 Å². The molecule has 0 spiro atoms. The molecule has 0 atom stereocenters. The minimum Gasteiger partial charge on any atom is -0.482 e. The van der Waals surface area contributed by atoms with E-state index < -0.39 is 0 Å². The molecule has 0 bridgehead atoms. The molecule has 0 unspecified atom stereocenters. The quantitative estimate of drug-likeness (QED) is 0.896. The van der Waals surface area contributed by atoms with Gasteiger partial charge >= 0.3 is 0 Å². The van der Waals surface area contributed by atoms with Gasteiger partial charge in [0.25, 0.3) is 11.8 Å². The zero-order chi connectivity index (χ0) is 14.1. The highest BCUT2D eigenvalue weighted by atomic mass is 35.5. The van der Waals surface area contributed by atoms with Crippen LogP contribution in [0.25, 0.3) is 0 Å². The van der Waals surface area contributed by atoms with Crippen molar-refractivity contribution in [2.75, 3.05) is 17.2 Å². The summed E-state index contributed by atoms with van der Waals surface area (Å²) in [5.41, 5.74) is 0.945. The number of fused-ring (bicyclic) bond motifs is 1. The van der Waals surface area contributed by atoms with Gasteiger partial charge in [-0.1, -0.05) is 17.7 Å². The van der Waals surface area contributed by atoms with Crippen LogP contribution in [-0.2, 0) is 4.79 Å². The van der Waals surface area contributed by atoms with Crippen LogP contribution in [0.3, 0.4) is 0 Å². The third kappa shape index (κ3) is 2.48. The van der Waals surface area contributed by atoms with Crippen molar-refractivity contribution in [2.24, 2.45) is 0 Å². The van der Waals surface area contributed by atoms with Crippen LogP contribution in [0, 0.1) is 0 Å². The highest BCUT2D eigenvalue weighted by Crippen LogP contribution is 2.36. The number of nitrogens with one attached hydrogen (secondary N) is 2. The number of thiophene rings is 1. The molecular weight excluding hydrogens is 300 g/mol. The van der Waals surface area contributed by atoms with Crippen LogP contribution in [0.1, 0.15) is 9.67 Å². The van der Waals surface area contributed by atoms with Gasteiger partial charge in [-0.05, 0) is 17.5 Å². The molecule has 1 aliphatic heterocycles. The minimum absolute atomic E-state index is 0.0487. The summed E-state index contributed by atoms with van der Waals surface area (Å²) in [6.07, 6.45) is 0. The molecule has 3 rings (SSSR count). The van der Waals surface area contributed by atoms with Crippen molar-refractivity contribution >= 4 is 46.1 Å². The number of hydrogen-bond acceptors (Lipinski definition) is 4. The number of benzene rings is 1. The number of amides is 2. The SMILES string of the molecule is O=C1COc2cc(NC(=O)c3cccs3)c(Cl)cc2N1. The molecule has 0 saturated heterocycles. The standard InChI is InChI=1S/C13H9ClN2O3S/c14-7-4-9-10(19-6-12(17)15-9)5-8(7)16-13(18)11-2-1-3-20-11/h1-5H,6H2,(H,15,17)(H,16,18). The molecule has 0 fully saturated rings. The van der Waals surface area contributed by atoms with Crippen molar-refractivity contribution in [3.8, 4) is 5.75 Å². The van der Waals surface area contributed by atoms with Crippen molar-refractivity contribution in [1.29, 1.82) is 0 Å². The molecular formula is C13H9ClN2O3S. The number of rotatable bonds is 2. The average Bonchev–Trinajstić information content (AvgIpc) is 2.94. The molecule has 0 aliphatic carbocycles. The van der Waals surface area contributed by atoms with Gasteiger partial charge < -0.3 is 15.4 Å². The fourth-order valence-electron chi connectivity index (χ4n) is 1.79. The van der Waals surface area contributed by atoms with Crippen LogP contribution < -0.4 is 15.4 Å². The van der Waals surface area contributed by atoms with E-state index >= 15 is 0 Å². The molecule has 2 amide bonds. The molecule has 5 nitrogen and oxygen atoms in total. The summed E-state index contributed by atoms with van der Waals surface area (Å²) in [5, 5.41) is 7.52. The average molecular weight is 309 g/mol. The van der Waals surface area contributed by atoms with E-state index in [9.17, 15) is 9.59 Å². The first-order valence-electron chi connectivity index (χ1n) is 5.74. The summed E-state index contributed by atoms with van der Waals surface area (Å²) >= 11 is 7.44. The molecule has 1 aromatic carbocycles. The Morgan fingerprint density at radius 1 is 1.45 bits per heavy atom. The van der Waals surface area contributed by atoms with Crippen LogP contribution in [-0.4, -0.2) is 18.4 Å². The first-order chi connectivity index (χ1) is 9.63. The Morgan fingerprint density at radius 2 is 2.30 bits per heavy atom. The maximum absolute atomic E-state index is 12.0. The van der Waals surface area contributed by atoms with Crippen molar-refractivity contribution in [1.82, 2.24) is 0 Å².